The third-order valence-electron chi connectivity index (χ3n) is 15.4. The molecule has 4 fully saturated rings. The number of nitriles is 1. The van der Waals surface area contributed by atoms with Crippen molar-refractivity contribution < 1.29 is 0 Å². The van der Waals surface area contributed by atoms with Crippen LogP contribution in [0.15, 0.2) is 170 Å². The predicted octanol–water partition coefficient (Wildman–Crippen LogP) is 12.8. The second-order valence-electron chi connectivity index (χ2n) is 18.3. The average Bonchev–Trinajstić information content (AvgIpc) is 3.78. The molecular weight excluding hydrogens is 741 g/mol. The van der Waals surface area contributed by atoms with Gasteiger partial charge < -0.3 is 0 Å². The van der Waals surface area contributed by atoms with Crippen LogP contribution in [0.2, 0.25) is 0 Å². The highest BCUT2D eigenvalue weighted by Gasteiger charge is 2.61. The summed E-state index contributed by atoms with van der Waals surface area (Å²) >= 11 is 0. The Bertz CT molecular complexity index is 3040. The van der Waals surface area contributed by atoms with Gasteiger partial charge >= 0.3 is 0 Å². The Morgan fingerprint density at radius 2 is 0.934 bits per heavy atom. The summed E-state index contributed by atoms with van der Waals surface area (Å²) in [5, 5.41) is 10.1. The molecule has 4 nitrogen and oxygen atoms in total. The lowest BCUT2D eigenvalue weighted by Crippen LogP contribution is -2.55. The van der Waals surface area contributed by atoms with Crippen LogP contribution in [0.1, 0.15) is 71.0 Å². The Kier molecular flexibility index (Phi) is 7.44. The first-order chi connectivity index (χ1) is 30.1. The quantitative estimate of drug-likeness (QED) is 0.174. The van der Waals surface area contributed by atoms with Crippen molar-refractivity contribution in [1.29, 1.82) is 5.26 Å². The largest absolute Gasteiger partial charge is 0.208 e. The van der Waals surface area contributed by atoms with E-state index in [9.17, 15) is 5.26 Å². The van der Waals surface area contributed by atoms with Crippen molar-refractivity contribution in [2.75, 3.05) is 0 Å². The van der Waals surface area contributed by atoms with Crippen LogP contribution in [-0.2, 0) is 10.8 Å². The fourth-order valence-electron chi connectivity index (χ4n) is 13.3. The van der Waals surface area contributed by atoms with Crippen LogP contribution in [0.4, 0.5) is 0 Å². The van der Waals surface area contributed by atoms with Gasteiger partial charge in [0.25, 0.3) is 0 Å². The number of aromatic nitrogens is 3. The summed E-state index contributed by atoms with van der Waals surface area (Å²) < 4.78 is 0. The zero-order valence-electron chi connectivity index (χ0n) is 33.8. The van der Waals surface area contributed by atoms with Crippen molar-refractivity contribution in [1.82, 2.24) is 15.0 Å². The molecule has 0 atom stereocenters. The Morgan fingerprint density at radius 1 is 0.410 bits per heavy atom. The normalized spacial score (nSPS) is 22.9. The van der Waals surface area contributed by atoms with Crippen molar-refractivity contribution in [2.45, 2.75) is 42.9 Å². The van der Waals surface area contributed by atoms with E-state index in [-0.39, 0.29) is 5.41 Å². The first-order valence-corrected chi connectivity index (χ1v) is 22.0. The predicted molar refractivity (Wildman–Crippen MR) is 241 cm³/mol. The Morgan fingerprint density at radius 3 is 1.59 bits per heavy atom. The summed E-state index contributed by atoms with van der Waals surface area (Å²) in [4.78, 5) is 15.9. The summed E-state index contributed by atoms with van der Waals surface area (Å²) in [6.07, 6.45) is 6.58. The third-order valence-corrected chi connectivity index (χ3v) is 15.4. The van der Waals surface area contributed by atoms with Crippen LogP contribution in [-0.4, -0.2) is 15.0 Å². The molecule has 1 spiro atoms. The molecule has 4 heteroatoms. The van der Waals surface area contributed by atoms with Crippen LogP contribution in [0, 0.1) is 35.0 Å². The Labute approximate surface area is 356 Å². The molecule has 0 unspecified atom stereocenters. The second-order valence-corrected chi connectivity index (χ2v) is 18.3. The first-order valence-electron chi connectivity index (χ1n) is 22.0. The number of hydrogen-bond acceptors (Lipinski definition) is 4. The van der Waals surface area contributed by atoms with E-state index in [1.165, 1.54) is 87.7 Å². The molecule has 6 aliphatic rings. The number of rotatable bonds is 5. The van der Waals surface area contributed by atoms with Gasteiger partial charge in [-0.2, -0.15) is 5.26 Å². The minimum Gasteiger partial charge on any atom is -0.208 e. The molecule has 61 heavy (non-hydrogen) atoms. The van der Waals surface area contributed by atoms with Gasteiger partial charge in [0.15, 0.2) is 17.5 Å². The summed E-state index contributed by atoms with van der Waals surface area (Å²) in [5.41, 5.74) is 15.9. The molecular formula is C57H42N4. The minimum absolute atomic E-state index is 0.0328. The highest BCUT2D eigenvalue weighted by atomic mass is 15.0. The van der Waals surface area contributed by atoms with E-state index in [2.05, 4.69) is 152 Å². The number of fused-ring (bicyclic) bond motifs is 6. The molecule has 14 rings (SSSR count). The van der Waals surface area contributed by atoms with Crippen LogP contribution in [0.5, 0.6) is 0 Å². The fraction of sp³-hybridized carbons (Fsp3) is 0.193. The zero-order chi connectivity index (χ0) is 40.3. The minimum atomic E-state index is -0.532. The van der Waals surface area contributed by atoms with Crippen molar-refractivity contribution in [2.24, 2.45) is 23.7 Å². The van der Waals surface area contributed by atoms with Gasteiger partial charge in [0.1, 0.15) is 0 Å². The summed E-state index contributed by atoms with van der Waals surface area (Å²) in [6, 6.07) is 63.8. The molecule has 290 valence electrons. The van der Waals surface area contributed by atoms with Crippen LogP contribution in [0.3, 0.4) is 0 Å². The van der Waals surface area contributed by atoms with Crippen molar-refractivity contribution in [3.05, 3.63) is 209 Å². The SMILES string of the molecule is N#Cc1ccc2c(c1)C1(c3ccc(-c4nc(-c5ccccc5)nc(-c5ccc6c(c5)C(c5ccccc5)(c5ccccc5)c5ccccc5-6)n4)cc3-2)C2CC3CC(C2)CC1C3. The lowest BCUT2D eigenvalue weighted by Gasteiger charge is -2.61. The number of hydrogen-bond donors (Lipinski definition) is 0. The number of nitrogens with zero attached hydrogens (tertiary/aromatic N) is 4. The molecule has 0 saturated heterocycles. The van der Waals surface area contributed by atoms with Crippen molar-refractivity contribution >= 4 is 0 Å². The molecule has 1 heterocycles. The maximum atomic E-state index is 10.1. The molecule has 0 N–H and O–H groups in total. The summed E-state index contributed by atoms with van der Waals surface area (Å²) in [5.74, 6) is 4.88. The van der Waals surface area contributed by atoms with Gasteiger partial charge in [-0.1, -0.05) is 146 Å². The molecule has 0 radical (unpaired) electrons. The highest BCUT2D eigenvalue weighted by Crippen LogP contribution is 2.69. The van der Waals surface area contributed by atoms with E-state index in [4.69, 9.17) is 15.0 Å². The lowest BCUT2D eigenvalue weighted by molar-refractivity contribution is -0.0399. The maximum Gasteiger partial charge on any atom is 0.164 e. The Balaban J connectivity index is 1.01. The van der Waals surface area contributed by atoms with E-state index in [0.717, 1.165) is 34.1 Å². The first kappa shape index (κ1) is 34.9. The zero-order valence-corrected chi connectivity index (χ0v) is 33.8. The van der Waals surface area contributed by atoms with Gasteiger partial charge in [-0.15, -0.1) is 0 Å². The monoisotopic (exact) mass is 782 g/mol. The van der Waals surface area contributed by atoms with Crippen LogP contribution < -0.4 is 0 Å². The molecule has 4 bridgehead atoms. The molecule has 7 aromatic carbocycles. The highest BCUT2D eigenvalue weighted by molar-refractivity contribution is 5.89. The van der Waals surface area contributed by atoms with Gasteiger partial charge in [0, 0.05) is 22.1 Å². The number of benzene rings is 7. The lowest BCUT2D eigenvalue weighted by atomic mass is 9.43. The van der Waals surface area contributed by atoms with Crippen LogP contribution in [0.25, 0.3) is 56.4 Å². The van der Waals surface area contributed by atoms with E-state index >= 15 is 0 Å². The topological polar surface area (TPSA) is 62.5 Å². The smallest absolute Gasteiger partial charge is 0.164 e. The van der Waals surface area contributed by atoms with E-state index in [1.807, 2.05) is 24.3 Å². The van der Waals surface area contributed by atoms with Gasteiger partial charge in [-0.3, -0.25) is 0 Å². The van der Waals surface area contributed by atoms with Crippen molar-refractivity contribution in [3.63, 3.8) is 0 Å². The van der Waals surface area contributed by atoms with Crippen LogP contribution >= 0.6 is 0 Å². The average molecular weight is 783 g/mol. The van der Waals surface area contributed by atoms with Gasteiger partial charge in [0.2, 0.25) is 0 Å². The molecule has 0 aliphatic heterocycles. The molecule has 4 saturated carbocycles. The van der Waals surface area contributed by atoms with Gasteiger partial charge in [0.05, 0.1) is 17.0 Å². The maximum absolute atomic E-state index is 10.1. The van der Waals surface area contributed by atoms with Gasteiger partial charge in [-0.05, 0) is 136 Å². The molecule has 0 amide bonds. The molecule has 8 aromatic rings. The van der Waals surface area contributed by atoms with E-state index in [0.29, 0.717) is 29.3 Å². The molecule has 1 aromatic heterocycles. The van der Waals surface area contributed by atoms with E-state index in [1.54, 1.807) is 0 Å². The van der Waals surface area contributed by atoms with E-state index < -0.39 is 5.41 Å². The summed E-state index contributed by atoms with van der Waals surface area (Å²) in [6.45, 7) is 0. The standard InChI is InChI=1S/C57H42N4/c58-34-35-20-23-47-48-32-39(22-25-50(48)57(51(47)31-35)43-27-36-26-37(29-43)30-44(57)28-36)54-59-53(38-12-4-1-5-13-38)60-55(61-54)40-21-24-46-45-18-10-11-19-49(45)56(52(46)33-40,41-14-6-2-7-15-41)42-16-8-3-9-17-42/h1-25,31-33,36-37,43-44H,26-30H2. The fourth-order valence-corrected chi connectivity index (χ4v) is 13.3. The Hall–Kier alpha value is -6.96. The summed E-state index contributed by atoms with van der Waals surface area (Å²) in [7, 11) is 0. The van der Waals surface area contributed by atoms with Gasteiger partial charge in [-0.25, -0.2) is 15.0 Å². The molecule has 6 aliphatic carbocycles. The second kappa shape index (κ2) is 13.0. The third kappa shape index (κ3) is 4.84. The van der Waals surface area contributed by atoms with Crippen molar-refractivity contribution in [3.8, 4) is 62.5 Å².